The van der Waals surface area contributed by atoms with Crippen LogP contribution in [0.1, 0.15) is 49.8 Å². The van der Waals surface area contributed by atoms with Crippen LogP contribution in [-0.2, 0) is 5.75 Å². The molecule has 0 saturated carbocycles. The van der Waals surface area contributed by atoms with Gasteiger partial charge in [0.2, 0.25) is 0 Å². The van der Waals surface area contributed by atoms with Crippen LogP contribution in [0.5, 0.6) is 0 Å². The molecule has 4 rings (SSSR count). The fraction of sp³-hybridized carbons (Fsp3) is 0.265. The molecule has 0 radical (unpaired) electrons. The Morgan fingerprint density at radius 1 is 1.07 bits per heavy atom. The first kappa shape index (κ1) is 30.8. The first-order valence-corrected chi connectivity index (χ1v) is 16.4. The number of aromatic nitrogens is 2. The van der Waals surface area contributed by atoms with E-state index in [2.05, 4.69) is 120 Å². The molecule has 2 aromatic carbocycles. The van der Waals surface area contributed by atoms with Crippen LogP contribution in [0.15, 0.2) is 115 Å². The predicted octanol–water partition coefficient (Wildman–Crippen LogP) is 9.93. The van der Waals surface area contributed by atoms with Crippen molar-refractivity contribution in [1.82, 2.24) is 10.2 Å². The summed E-state index contributed by atoms with van der Waals surface area (Å²) >= 11 is 5.15. The fourth-order valence-electron chi connectivity index (χ4n) is 4.39. The number of hydrogen-bond acceptors (Lipinski definition) is 7. The summed E-state index contributed by atoms with van der Waals surface area (Å²) in [5.41, 5.74) is 9.79. The third kappa shape index (κ3) is 8.68. The monoisotopic (exact) mass is 598 g/mol. The Kier molecular flexibility index (Phi) is 11.4. The van der Waals surface area contributed by atoms with Crippen LogP contribution in [0.3, 0.4) is 0 Å². The van der Waals surface area contributed by atoms with Crippen molar-refractivity contribution in [1.29, 1.82) is 0 Å². The molecule has 0 atom stereocenters. The Morgan fingerprint density at radius 2 is 1.83 bits per heavy atom. The van der Waals surface area contributed by atoms with Crippen molar-refractivity contribution in [2.75, 3.05) is 19.0 Å². The third-order valence-corrected chi connectivity index (χ3v) is 10.4. The van der Waals surface area contributed by atoms with Gasteiger partial charge < -0.3 is 4.90 Å². The molecule has 7 heteroatoms. The van der Waals surface area contributed by atoms with E-state index in [1.807, 2.05) is 20.0 Å². The van der Waals surface area contributed by atoms with Crippen LogP contribution in [-0.4, -0.2) is 30.0 Å². The maximum atomic E-state index is 4.57. The van der Waals surface area contributed by atoms with Crippen molar-refractivity contribution in [2.45, 2.75) is 54.5 Å². The number of aliphatic imine (C=N–C) groups is 1. The summed E-state index contributed by atoms with van der Waals surface area (Å²) in [7, 11) is 3.97. The van der Waals surface area contributed by atoms with Gasteiger partial charge in [0.15, 0.2) is 8.68 Å². The quantitative estimate of drug-likeness (QED) is 0.162. The smallest absolute Gasteiger partial charge is 0.179 e. The number of hydrogen-bond donors (Lipinski definition) is 0. The van der Waals surface area contributed by atoms with Crippen LogP contribution in [0, 0.1) is 6.92 Å². The van der Waals surface area contributed by atoms with Crippen LogP contribution in [0.4, 0.5) is 5.69 Å². The van der Waals surface area contributed by atoms with Gasteiger partial charge in [-0.2, -0.15) is 0 Å². The van der Waals surface area contributed by atoms with Gasteiger partial charge in [0.1, 0.15) is 0 Å². The van der Waals surface area contributed by atoms with Crippen molar-refractivity contribution in [2.24, 2.45) is 4.99 Å². The molecule has 1 aliphatic rings. The minimum absolute atomic E-state index is 0.868. The van der Waals surface area contributed by atoms with Crippen LogP contribution < -0.4 is 4.90 Å². The largest absolute Gasteiger partial charge is 0.348 e. The van der Waals surface area contributed by atoms with Gasteiger partial charge in [-0.05, 0) is 86.1 Å². The molecule has 0 aliphatic heterocycles. The number of thioether (sulfide) groups is 2. The topological polar surface area (TPSA) is 41.4 Å². The Bertz CT molecular complexity index is 1510. The third-order valence-electron chi connectivity index (χ3n) is 7.04. The van der Waals surface area contributed by atoms with Crippen LogP contribution in [0.25, 0.3) is 6.08 Å². The number of nitrogens with zero attached hydrogens (tertiary/aromatic N) is 4. The summed E-state index contributed by atoms with van der Waals surface area (Å²) < 4.78 is 1.96. The highest BCUT2D eigenvalue weighted by molar-refractivity contribution is 8.05. The maximum Gasteiger partial charge on any atom is 0.179 e. The van der Waals surface area contributed by atoms with E-state index in [1.54, 1.807) is 34.9 Å². The van der Waals surface area contributed by atoms with E-state index in [0.29, 0.717) is 0 Å². The number of para-hydroxylation sites is 1. The minimum atomic E-state index is 0.868. The van der Waals surface area contributed by atoms with Gasteiger partial charge in [-0.3, -0.25) is 4.99 Å². The van der Waals surface area contributed by atoms with Crippen molar-refractivity contribution >= 4 is 52.3 Å². The first-order chi connectivity index (χ1) is 19.9. The second-order valence-electron chi connectivity index (χ2n) is 9.92. The number of anilines is 1. The van der Waals surface area contributed by atoms with Crippen molar-refractivity contribution in [3.8, 4) is 0 Å². The Balaban J connectivity index is 1.57. The average molecular weight is 599 g/mol. The van der Waals surface area contributed by atoms with Crippen LogP contribution in [0.2, 0.25) is 0 Å². The zero-order chi connectivity index (χ0) is 29.2. The fourth-order valence-corrected chi connectivity index (χ4v) is 7.60. The van der Waals surface area contributed by atoms with Gasteiger partial charge in [-0.25, -0.2) is 0 Å². The molecule has 4 nitrogen and oxygen atoms in total. The SMILES string of the molecule is C=Cc1ccc(CSc2nnc(SC3=C(/C=C/C(C)=N\C)CCC/C3=C\C=C(/C)N(C)c3ccccc3C)s2)cc1. The standard InChI is InChI=1S/C34H38N4S3/c1-7-27-17-19-28(20-18-27)23-39-33-36-37-34(41-33)40-32-29(21-15-25(3)35-5)12-10-13-30(32)22-16-26(4)38(6)31-14-9-8-11-24(31)2/h7-9,11,14-22H,1,10,12-13,23H2,2-6H3/b21-15+,26-16+,30-22+,35-25-. The normalized spacial score (nSPS) is 15.7. The molecule has 0 saturated heterocycles. The van der Waals surface area contributed by atoms with Gasteiger partial charge in [0.05, 0.1) is 0 Å². The lowest BCUT2D eigenvalue weighted by Gasteiger charge is -2.23. The molecule has 1 heterocycles. The summed E-state index contributed by atoms with van der Waals surface area (Å²) in [5.74, 6) is 0.868. The second-order valence-corrected chi connectivity index (χ2v) is 13.4. The van der Waals surface area contributed by atoms with E-state index in [4.69, 9.17) is 0 Å². The number of rotatable bonds is 11. The lowest BCUT2D eigenvalue weighted by atomic mass is 9.94. The lowest BCUT2D eigenvalue weighted by Crippen LogP contribution is -2.15. The minimum Gasteiger partial charge on any atom is -0.348 e. The van der Waals surface area contributed by atoms with E-state index >= 15 is 0 Å². The first-order valence-electron chi connectivity index (χ1n) is 13.7. The molecule has 3 aromatic rings. The second kappa shape index (κ2) is 15.2. The van der Waals surface area contributed by atoms with Gasteiger partial charge in [-0.1, -0.05) is 102 Å². The molecule has 0 spiro atoms. The molecular weight excluding hydrogens is 561 g/mol. The Morgan fingerprint density at radius 3 is 2.56 bits per heavy atom. The highest BCUT2D eigenvalue weighted by Crippen LogP contribution is 2.43. The highest BCUT2D eigenvalue weighted by atomic mass is 32.2. The molecule has 41 heavy (non-hydrogen) atoms. The summed E-state index contributed by atoms with van der Waals surface area (Å²) in [6, 6.07) is 17.0. The zero-order valence-corrected chi connectivity index (χ0v) is 27.0. The van der Waals surface area contributed by atoms with Gasteiger partial charge in [0.25, 0.3) is 0 Å². The van der Waals surface area contributed by atoms with Gasteiger partial charge in [0, 0.05) is 41.8 Å². The molecule has 0 N–H and O–H groups in total. The molecule has 1 aromatic heterocycles. The number of benzene rings is 2. The van der Waals surface area contributed by atoms with Gasteiger partial charge >= 0.3 is 0 Å². The van der Waals surface area contributed by atoms with Crippen LogP contribution >= 0.6 is 34.9 Å². The molecular formula is C34H38N4S3. The van der Waals surface area contributed by atoms with Crippen molar-refractivity contribution in [3.05, 3.63) is 118 Å². The highest BCUT2D eigenvalue weighted by Gasteiger charge is 2.19. The summed E-state index contributed by atoms with van der Waals surface area (Å²) in [4.78, 5) is 7.86. The van der Waals surface area contributed by atoms with Crippen molar-refractivity contribution in [3.63, 3.8) is 0 Å². The van der Waals surface area contributed by atoms with E-state index in [0.717, 1.165) is 45.0 Å². The molecule has 0 bridgehead atoms. The number of allylic oxidation sites excluding steroid dienone is 7. The molecule has 1 aliphatic carbocycles. The van der Waals surface area contributed by atoms with E-state index in [9.17, 15) is 0 Å². The zero-order valence-electron chi connectivity index (χ0n) is 24.6. The van der Waals surface area contributed by atoms with E-state index < -0.39 is 0 Å². The predicted molar refractivity (Wildman–Crippen MR) is 182 cm³/mol. The Labute approximate surface area is 257 Å². The van der Waals surface area contributed by atoms with Crippen molar-refractivity contribution < 1.29 is 0 Å². The Hall–Kier alpha value is -3.13. The summed E-state index contributed by atoms with van der Waals surface area (Å²) in [6.45, 7) is 10.2. The van der Waals surface area contributed by atoms with Gasteiger partial charge in [-0.15, -0.1) is 10.2 Å². The lowest BCUT2D eigenvalue weighted by molar-refractivity contribution is 0.792. The molecule has 0 fully saturated rings. The maximum absolute atomic E-state index is 4.57. The molecule has 0 unspecified atom stereocenters. The number of aryl methyl sites for hydroxylation is 1. The average Bonchev–Trinajstić information content (AvgIpc) is 3.45. The van der Waals surface area contributed by atoms with E-state index in [-0.39, 0.29) is 0 Å². The molecule has 212 valence electrons. The summed E-state index contributed by atoms with van der Waals surface area (Å²) in [6.07, 6.45) is 14.0. The summed E-state index contributed by atoms with van der Waals surface area (Å²) in [5, 5.41) is 9.07. The molecule has 0 amide bonds. The van der Waals surface area contributed by atoms with E-state index in [1.165, 1.54) is 38.6 Å².